The predicted octanol–water partition coefficient (Wildman–Crippen LogP) is 2.70. The summed E-state index contributed by atoms with van der Waals surface area (Å²) in [6.45, 7) is 22.9. The minimum absolute atomic E-state index is 0.0782. The lowest BCUT2D eigenvalue weighted by atomic mass is 9.88. The normalized spacial score (nSPS) is 12.0. The zero-order valence-corrected chi connectivity index (χ0v) is 34.9. The van der Waals surface area contributed by atoms with Crippen molar-refractivity contribution in [3.05, 3.63) is 0 Å². The quantitative estimate of drug-likeness (QED) is 0.0893. The molecule has 16 nitrogen and oxygen atoms in total. The third kappa shape index (κ3) is 40.3. The minimum atomic E-state index is -0.419. The number of rotatable bonds is 42. The highest BCUT2D eigenvalue weighted by Gasteiger charge is 2.21. The van der Waals surface area contributed by atoms with Gasteiger partial charge in [0.05, 0.1) is 159 Å². The lowest BCUT2D eigenvalue weighted by Gasteiger charge is -2.16. The van der Waals surface area contributed by atoms with Gasteiger partial charge >= 0.3 is 0 Å². The van der Waals surface area contributed by atoms with Gasteiger partial charge in [-0.1, -0.05) is 41.5 Å². The minimum Gasteiger partial charge on any atom is -0.379 e. The zero-order valence-electron chi connectivity index (χ0n) is 34.9. The van der Waals surface area contributed by atoms with Gasteiger partial charge in [-0.2, -0.15) is 0 Å². The predicted molar refractivity (Wildman–Crippen MR) is 206 cm³/mol. The molecule has 1 N–H and O–H groups in total. The van der Waals surface area contributed by atoms with E-state index in [0.29, 0.717) is 172 Å². The van der Waals surface area contributed by atoms with Gasteiger partial charge < -0.3 is 62.2 Å². The van der Waals surface area contributed by atoms with Gasteiger partial charge in [-0.25, -0.2) is 0 Å². The van der Waals surface area contributed by atoms with E-state index in [4.69, 9.17) is 56.8 Å². The van der Waals surface area contributed by atoms with Gasteiger partial charge in [0.15, 0.2) is 0 Å². The first kappa shape index (κ1) is 53.3. The van der Waals surface area contributed by atoms with E-state index in [0.717, 1.165) is 0 Å². The number of amides is 1. The molecule has 0 bridgehead atoms. The highest BCUT2D eigenvalue weighted by Crippen LogP contribution is 2.17. The maximum Gasteiger partial charge on any atom is 0.220 e. The van der Waals surface area contributed by atoms with E-state index < -0.39 is 5.41 Å². The van der Waals surface area contributed by atoms with Gasteiger partial charge in [-0.05, 0) is 0 Å². The fraction of sp³-hybridized carbons (Fsp3) is 0.923. The van der Waals surface area contributed by atoms with Crippen LogP contribution in [0.15, 0.2) is 0 Å². The lowest BCUT2D eigenvalue weighted by Crippen LogP contribution is -2.29. The van der Waals surface area contributed by atoms with Crippen molar-refractivity contribution >= 4 is 17.5 Å². The van der Waals surface area contributed by atoms with Crippen LogP contribution in [0.2, 0.25) is 0 Å². The number of Topliss-reactive ketones (excluding diaryl/α,β-unsaturated/α-hetero) is 2. The van der Waals surface area contributed by atoms with Crippen LogP contribution in [0.3, 0.4) is 0 Å². The summed E-state index contributed by atoms with van der Waals surface area (Å²) < 4.78 is 65.6. The summed E-state index contributed by atoms with van der Waals surface area (Å²) in [6, 6.07) is 0. The van der Waals surface area contributed by atoms with E-state index in [9.17, 15) is 14.4 Å². The smallest absolute Gasteiger partial charge is 0.220 e. The molecule has 0 saturated heterocycles. The van der Waals surface area contributed by atoms with Crippen molar-refractivity contribution in [3.63, 3.8) is 0 Å². The number of hydrogen-bond acceptors (Lipinski definition) is 15. The Hall–Kier alpha value is -1.67. The number of ether oxygens (including phenoxy) is 12. The highest BCUT2D eigenvalue weighted by atomic mass is 16.6. The summed E-state index contributed by atoms with van der Waals surface area (Å²) in [4.78, 5) is 35.5. The number of hydrogen-bond donors (Lipinski definition) is 1. The van der Waals surface area contributed by atoms with Crippen molar-refractivity contribution in [1.29, 1.82) is 0 Å². The Morgan fingerprint density at radius 1 is 0.309 bits per heavy atom. The summed E-state index contributed by atoms with van der Waals surface area (Å²) in [6.07, 6.45) is 0.875. The van der Waals surface area contributed by atoms with Crippen molar-refractivity contribution in [3.8, 4) is 0 Å². The molecular weight excluding hydrogens is 722 g/mol. The molecule has 0 atom stereocenters. The monoisotopic (exact) mass is 798 g/mol. The van der Waals surface area contributed by atoms with Gasteiger partial charge in [-0.3, -0.25) is 14.4 Å². The zero-order chi connectivity index (χ0) is 40.7. The Kier molecular flexibility index (Phi) is 36.7. The van der Waals surface area contributed by atoms with E-state index in [1.54, 1.807) is 0 Å². The van der Waals surface area contributed by atoms with Crippen LogP contribution in [-0.4, -0.2) is 183 Å². The van der Waals surface area contributed by atoms with Gasteiger partial charge in [0, 0.05) is 36.6 Å². The summed E-state index contributed by atoms with van der Waals surface area (Å²) in [7, 11) is 0. The van der Waals surface area contributed by atoms with Crippen molar-refractivity contribution < 1.29 is 71.2 Å². The van der Waals surface area contributed by atoms with Gasteiger partial charge in [0.1, 0.15) is 11.6 Å². The fourth-order valence-electron chi connectivity index (χ4n) is 4.01. The number of carbonyl (C=O) groups is 3. The fourth-order valence-corrected chi connectivity index (χ4v) is 4.01. The van der Waals surface area contributed by atoms with E-state index in [-0.39, 0.29) is 35.7 Å². The molecule has 0 saturated carbocycles. The molecule has 0 fully saturated rings. The standard InChI is InChI=1S/C39H75NO15/c1-38(2,3)35(41)7-8-37(43)40-10-12-45-14-16-47-18-20-49-22-24-51-26-28-53-30-32-55-34-33-54-31-29-52-27-25-50-23-21-48-19-17-46-15-13-44-11-9-36(42)39(4,5)6/h7-34H2,1-6H3,(H,40,43). The molecule has 16 heteroatoms. The van der Waals surface area contributed by atoms with Crippen LogP contribution < -0.4 is 5.32 Å². The van der Waals surface area contributed by atoms with Crippen molar-refractivity contribution in [2.75, 3.05) is 165 Å². The van der Waals surface area contributed by atoms with Gasteiger partial charge in [-0.15, -0.1) is 0 Å². The number of nitrogens with one attached hydrogen (secondary N) is 1. The third-order valence-corrected chi connectivity index (χ3v) is 7.39. The SMILES string of the molecule is CC(C)(C)C(=O)CCOCCOCCOCCOCCOCCOCCOCCOCCOCCOCCOCCOCCNC(=O)CCC(=O)C(C)(C)C. The van der Waals surface area contributed by atoms with Crippen LogP contribution in [0.25, 0.3) is 0 Å². The molecule has 0 aliphatic carbocycles. The number of ketones is 2. The first-order valence-corrected chi connectivity index (χ1v) is 19.7. The summed E-state index contributed by atoms with van der Waals surface area (Å²) in [5.74, 6) is 0.131. The Labute approximate surface area is 330 Å². The summed E-state index contributed by atoms with van der Waals surface area (Å²) in [5.41, 5.74) is -0.740. The summed E-state index contributed by atoms with van der Waals surface area (Å²) in [5, 5.41) is 2.75. The van der Waals surface area contributed by atoms with Crippen LogP contribution in [0, 0.1) is 10.8 Å². The van der Waals surface area contributed by atoms with Crippen molar-refractivity contribution in [1.82, 2.24) is 5.32 Å². The van der Waals surface area contributed by atoms with Crippen LogP contribution in [0.1, 0.15) is 60.8 Å². The van der Waals surface area contributed by atoms with Crippen LogP contribution in [0.4, 0.5) is 0 Å². The largest absolute Gasteiger partial charge is 0.379 e. The molecule has 0 spiro atoms. The highest BCUT2D eigenvalue weighted by molar-refractivity contribution is 5.88. The Morgan fingerprint density at radius 3 is 0.782 bits per heavy atom. The topological polar surface area (TPSA) is 174 Å². The molecule has 0 aromatic rings. The first-order valence-electron chi connectivity index (χ1n) is 19.7. The maximum atomic E-state index is 11.9. The molecular formula is C39H75NO15. The second kappa shape index (κ2) is 37.9. The van der Waals surface area contributed by atoms with E-state index in [1.807, 2.05) is 41.5 Å². The van der Waals surface area contributed by atoms with Crippen LogP contribution >= 0.6 is 0 Å². The third-order valence-electron chi connectivity index (χ3n) is 7.39. The first-order chi connectivity index (χ1) is 26.4. The summed E-state index contributed by atoms with van der Waals surface area (Å²) >= 11 is 0. The molecule has 1 amide bonds. The lowest BCUT2D eigenvalue weighted by molar-refractivity contribution is -0.129. The Morgan fingerprint density at radius 2 is 0.527 bits per heavy atom. The second-order valence-electron chi connectivity index (χ2n) is 14.3. The van der Waals surface area contributed by atoms with E-state index >= 15 is 0 Å². The molecule has 0 aliphatic rings. The van der Waals surface area contributed by atoms with Gasteiger partial charge in [0.2, 0.25) is 5.91 Å². The van der Waals surface area contributed by atoms with Gasteiger partial charge in [0.25, 0.3) is 0 Å². The van der Waals surface area contributed by atoms with Crippen LogP contribution in [-0.2, 0) is 71.2 Å². The van der Waals surface area contributed by atoms with Crippen molar-refractivity contribution in [2.24, 2.45) is 10.8 Å². The Bertz CT molecular complexity index is 895. The molecule has 55 heavy (non-hydrogen) atoms. The Balaban J connectivity index is 3.16. The molecule has 0 radical (unpaired) electrons. The van der Waals surface area contributed by atoms with E-state index in [1.165, 1.54) is 0 Å². The maximum absolute atomic E-state index is 11.9. The molecule has 0 heterocycles. The van der Waals surface area contributed by atoms with Crippen molar-refractivity contribution in [2.45, 2.75) is 60.8 Å². The molecule has 326 valence electrons. The average Bonchev–Trinajstić information content (AvgIpc) is 3.13. The molecule has 0 aromatic heterocycles. The number of carbonyl (C=O) groups excluding carboxylic acids is 3. The molecule has 0 rings (SSSR count). The molecule has 0 aromatic carbocycles. The van der Waals surface area contributed by atoms with Crippen LogP contribution in [0.5, 0.6) is 0 Å². The second-order valence-corrected chi connectivity index (χ2v) is 14.3. The molecule has 0 aliphatic heterocycles. The average molecular weight is 798 g/mol. The van der Waals surface area contributed by atoms with E-state index in [2.05, 4.69) is 5.32 Å². The molecule has 0 unspecified atom stereocenters.